The highest BCUT2D eigenvalue weighted by Crippen LogP contribution is 2.13. The number of hydrogen-bond acceptors (Lipinski definition) is 1. The van der Waals surface area contributed by atoms with E-state index in [4.69, 9.17) is 0 Å². The van der Waals surface area contributed by atoms with Gasteiger partial charge in [-0.15, -0.1) is 0 Å². The fourth-order valence-electron chi connectivity index (χ4n) is 0.890. The lowest BCUT2D eigenvalue weighted by atomic mass is 10.3. The van der Waals surface area contributed by atoms with Crippen LogP contribution in [0.1, 0.15) is 52.4 Å². The lowest BCUT2D eigenvalue weighted by molar-refractivity contribution is 0.777. The predicted molar refractivity (Wildman–Crippen MR) is 55.8 cm³/mol. The second-order valence-electron chi connectivity index (χ2n) is 2.89. The van der Waals surface area contributed by atoms with E-state index in [1.165, 1.54) is 44.3 Å². The number of thioether (sulfide) groups is 1. The molecule has 0 amide bonds. The Morgan fingerprint density at radius 1 is 1.00 bits per heavy atom. The van der Waals surface area contributed by atoms with E-state index in [0.29, 0.717) is 0 Å². The van der Waals surface area contributed by atoms with Crippen LogP contribution in [0.4, 0.5) is 0 Å². The van der Waals surface area contributed by atoms with Gasteiger partial charge in [0.2, 0.25) is 0 Å². The maximum Gasteiger partial charge on any atom is 0.0166 e. The second kappa shape index (κ2) is 10.3. The largest absolute Gasteiger partial charge is 0.157 e. The molecule has 0 bridgehead atoms. The van der Waals surface area contributed by atoms with Gasteiger partial charge in [0.05, 0.1) is 0 Å². The summed E-state index contributed by atoms with van der Waals surface area (Å²) >= 11 is 2.01. The molecule has 0 atom stereocenters. The molecule has 0 fully saturated rings. The molecule has 1 radical (unpaired) electrons. The maximum atomic E-state index is 2.37. The third kappa shape index (κ3) is 10.4. The van der Waals surface area contributed by atoms with E-state index >= 15 is 0 Å². The summed E-state index contributed by atoms with van der Waals surface area (Å²) in [4.78, 5) is 0. The summed E-state index contributed by atoms with van der Waals surface area (Å²) < 4.78 is 0. The lowest BCUT2D eigenvalue weighted by Crippen LogP contribution is -1.79. The van der Waals surface area contributed by atoms with E-state index in [1.54, 1.807) is 0 Å². The van der Waals surface area contributed by atoms with E-state index < -0.39 is 0 Å². The average molecular weight is 173 g/mol. The standard InChI is InChI=1S/C10H21S/c1-3-5-7-9-11-10-8-6-4-2/h9H,3-8,10H2,1-2H3. The molecule has 0 spiro atoms. The molecule has 0 unspecified atom stereocenters. The van der Waals surface area contributed by atoms with Crippen molar-refractivity contribution in [2.45, 2.75) is 52.4 Å². The molecule has 0 aromatic heterocycles. The molecule has 0 N–H and O–H groups in total. The Morgan fingerprint density at radius 2 is 1.73 bits per heavy atom. The van der Waals surface area contributed by atoms with Crippen LogP contribution in [-0.2, 0) is 0 Å². The highest BCUT2D eigenvalue weighted by molar-refractivity contribution is 8.01. The van der Waals surface area contributed by atoms with Crippen LogP contribution < -0.4 is 0 Å². The zero-order valence-corrected chi connectivity index (χ0v) is 8.75. The third-order valence-electron chi connectivity index (χ3n) is 1.66. The average Bonchev–Trinajstić information content (AvgIpc) is 2.03. The molecule has 67 valence electrons. The molecule has 0 nitrogen and oxygen atoms in total. The highest BCUT2D eigenvalue weighted by atomic mass is 32.2. The van der Waals surface area contributed by atoms with Gasteiger partial charge >= 0.3 is 0 Å². The summed E-state index contributed by atoms with van der Waals surface area (Å²) in [7, 11) is 0. The van der Waals surface area contributed by atoms with Crippen LogP contribution in [0, 0.1) is 5.75 Å². The van der Waals surface area contributed by atoms with Crippen molar-refractivity contribution >= 4 is 11.8 Å². The van der Waals surface area contributed by atoms with Gasteiger partial charge < -0.3 is 0 Å². The van der Waals surface area contributed by atoms with Gasteiger partial charge in [-0.05, 0) is 18.6 Å². The highest BCUT2D eigenvalue weighted by Gasteiger charge is 1.89. The van der Waals surface area contributed by atoms with Crippen LogP contribution in [0.2, 0.25) is 0 Å². The monoisotopic (exact) mass is 173 g/mol. The first kappa shape index (κ1) is 11.4. The van der Waals surface area contributed by atoms with Crippen LogP contribution >= 0.6 is 11.8 Å². The van der Waals surface area contributed by atoms with Crippen LogP contribution in [0.15, 0.2) is 0 Å². The molecule has 0 saturated heterocycles. The SMILES string of the molecule is CCCC[CH]SCCCCC. The van der Waals surface area contributed by atoms with Crippen molar-refractivity contribution in [3.8, 4) is 0 Å². The van der Waals surface area contributed by atoms with Crippen LogP contribution in [0.5, 0.6) is 0 Å². The molecule has 0 saturated carbocycles. The number of hydrogen-bond donors (Lipinski definition) is 0. The smallest absolute Gasteiger partial charge is 0.0166 e. The summed E-state index contributed by atoms with van der Waals surface area (Å²) in [6, 6.07) is 0. The van der Waals surface area contributed by atoms with Crippen LogP contribution in [0.3, 0.4) is 0 Å². The zero-order valence-electron chi connectivity index (χ0n) is 7.94. The Balaban J connectivity index is 2.69. The molecule has 0 aliphatic heterocycles. The Kier molecular flexibility index (Phi) is 10.7. The summed E-state index contributed by atoms with van der Waals surface area (Å²) in [5.74, 6) is 3.71. The van der Waals surface area contributed by atoms with Gasteiger partial charge in [0.15, 0.2) is 0 Å². The van der Waals surface area contributed by atoms with Gasteiger partial charge in [0.25, 0.3) is 0 Å². The van der Waals surface area contributed by atoms with E-state index in [2.05, 4.69) is 19.6 Å². The van der Waals surface area contributed by atoms with Crippen LogP contribution in [-0.4, -0.2) is 5.75 Å². The number of rotatable bonds is 8. The Labute approximate surface area is 76.1 Å². The van der Waals surface area contributed by atoms with Gasteiger partial charge in [0, 0.05) is 5.75 Å². The van der Waals surface area contributed by atoms with Crippen molar-refractivity contribution in [2.24, 2.45) is 0 Å². The van der Waals surface area contributed by atoms with Gasteiger partial charge in [-0.3, -0.25) is 0 Å². The molecule has 0 aromatic carbocycles. The molecule has 0 aliphatic rings. The van der Waals surface area contributed by atoms with E-state index in [9.17, 15) is 0 Å². The van der Waals surface area contributed by atoms with Gasteiger partial charge in [-0.1, -0.05) is 39.5 Å². The lowest BCUT2D eigenvalue weighted by Gasteiger charge is -1.98. The fourth-order valence-corrected chi connectivity index (χ4v) is 1.76. The van der Waals surface area contributed by atoms with Crippen molar-refractivity contribution in [1.82, 2.24) is 0 Å². The second-order valence-corrected chi connectivity index (χ2v) is 3.96. The van der Waals surface area contributed by atoms with Crippen molar-refractivity contribution < 1.29 is 0 Å². The Bertz CT molecular complexity index is 53.9. The summed E-state index contributed by atoms with van der Waals surface area (Å²) in [5.41, 5.74) is 0. The third-order valence-corrected chi connectivity index (χ3v) is 2.65. The van der Waals surface area contributed by atoms with Crippen molar-refractivity contribution in [3.63, 3.8) is 0 Å². The molecule has 1 heteroatoms. The van der Waals surface area contributed by atoms with Crippen molar-refractivity contribution in [1.29, 1.82) is 0 Å². The van der Waals surface area contributed by atoms with Crippen molar-refractivity contribution in [2.75, 3.05) is 5.75 Å². The van der Waals surface area contributed by atoms with Crippen molar-refractivity contribution in [3.05, 3.63) is 5.75 Å². The van der Waals surface area contributed by atoms with Crippen LogP contribution in [0.25, 0.3) is 0 Å². The maximum absolute atomic E-state index is 2.37. The predicted octanol–water partition coefficient (Wildman–Crippen LogP) is 4.26. The molecular formula is C10H21S. The van der Waals surface area contributed by atoms with E-state index in [1.807, 2.05) is 11.8 Å². The summed E-state index contributed by atoms with van der Waals surface area (Å²) in [5, 5.41) is 0. The minimum absolute atomic E-state index is 1.30. The zero-order chi connectivity index (χ0) is 8.36. The van der Waals surface area contributed by atoms with E-state index in [-0.39, 0.29) is 0 Å². The topological polar surface area (TPSA) is 0 Å². The first-order valence-corrected chi connectivity index (χ1v) is 5.90. The minimum Gasteiger partial charge on any atom is -0.157 e. The normalized spacial score (nSPS) is 10.4. The minimum atomic E-state index is 1.30. The fraction of sp³-hybridized carbons (Fsp3) is 0.900. The molecule has 0 rings (SSSR count). The Hall–Kier alpha value is 0.350. The summed E-state index contributed by atoms with van der Waals surface area (Å²) in [6.45, 7) is 4.50. The first-order chi connectivity index (χ1) is 5.41. The van der Waals surface area contributed by atoms with Gasteiger partial charge in [0.1, 0.15) is 0 Å². The van der Waals surface area contributed by atoms with Gasteiger partial charge in [-0.25, -0.2) is 0 Å². The molecular weight excluding hydrogens is 152 g/mol. The molecule has 0 aliphatic carbocycles. The summed E-state index contributed by atoms with van der Waals surface area (Å²) in [6.07, 6.45) is 8.12. The number of unbranched alkanes of at least 4 members (excludes halogenated alkanes) is 4. The Morgan fingerprint density at radius 3 is 2.36 bits per heavy atom. The van der Waals surface area contributed by atoms with Gasteiger partial charge in [-0.2, -0.15) is 11.8 Å². The first-order valence-electron chi connectivity index (χ1n) is 4.85. The van der Waals surface area contributed by atoms with E-state index in [0.717, 1.165) is 0 Å². The molecule has 0 aromatic rings. The molecule has 0 heterocycles. The molecule has 11 heavy (non-hydrogen) atoms. The quantitative estimate of drug-likeness (QED) is 0.494.